The van der Waals surface area contributed by atoms with Crippen LogP contribution in [0.4, 0.5) is 4.79 Å². The number of nitrogens with zero attached hydrogens (tertiary/aromatic N) is 2. The van der Waals surface area contributed by atoms with Gasteiger partial charge in [-0.2, -0.15) is 0 Å². The van der Waals surface area contributed by atoms with Crippen molar-refractivity contribution in [1.29, 1.82) is 0 Å². The number of likely N-dealkylation sites (tertiary alicyclic amines) is 1. The van der Waals surface area contributed by atoms with Crippen molar-refractivity contribution >= 4 is 6.03 Å². The third kappa shape index (κ3) is 3.15. The summed E-state index contributed by atoms with van der Waals surface area (Å²) in [6, 6.07) is 4.78. The van der Waals surface area contributed by atoms with Gasteiger partial charge in [0.25, 0.3) is 0 Å². The van der Waals surface area contributed by atoms with Crippen LogP contribution in [0.1, 0.15) is 56.7 Å². The average molecular weight is 357 g/mol. The Balaban J connectivity index is 1.26. The highest BCUT2D eigenvalue weighted by atomic mass is 16.3. The largest absolute Gasteiger partial charge is 0.468 e. The second-order valence-electron chi connectivity index (χ2n) is 9.04. The predicted molar refractivity (Wildman–Crippen MR) is 99.7 cm³/mol. The van der Waals surface area contributed by atoms with Crippen molar-refractivity contribution in [2.75, 3.05) is 26.2 Å². The quantitative estimate of drug-likeness (QED) is 0.895. The normalized spacial score (nSPS) is 34.8. The number of carbonyl (C=O) groups excluding carboxylic acids is 1. The summed E-state index contributed by atoms with van der Waals surface area (Å²) in [4.78, 5) is 17.7. The molecule has 3 saturated heterocycles. The van der Waals surface area contributed by atoms with Gasteiger partial charge in [0.1, 0.15) is 5.76 Å². The van der Waals surface area contributed by atoms with E-state index in [0.29, 0.717) is 12.6 Å². The van der Waals surface area contributed by atoms with E-state index in [1.165, 1.54) is 44.9 Å². The lowest BCUT2D eigenvalue weighted by Crippen LogP contribution is -2.49. The molecule has 1 aromatic rings. The van der Waals surface area contributed by atoms with E-state index in [-0.39, 0.29) is 12.1 Å². The van der Waals surface area contributed by atoms with E-state index in [1.54, 1.807) is 6.26 Å². The minimum Gasteiger partial charge on any atom is -0.468 e. The zero-order valence-corrected chi connectivity index (χ0v) is 15.6. The molecule has 6 rings (SSSR count). The number of rotatable bonds is 4. The molecule has 26 heavy (non-hydrogen) atoms. The van der Waals surface area contributed by atoms with Gasteiger partial charge < -0.3 is 14.6 Å². The Morgan fingerprint density at radius 2 is 1.85 bits per heavy atom. The number of hydrogen-bond donors (Lipinski definition) is 1. The van der Waals surface area contributed by atoms with Crippen molar-refractivity contribution in [2.45, 2.75) is 57.0 Å². The monoisotopic (exact) mass is 357 g/mol. The van der Waals surface area contributed by atoms with Gasteiger partial charge in [0.2, 0.25) is 0 Å². The van der Waals surface area contributed by atoms with Crippen molar-refractivity contribution in [3.63, 3.8) is 0 Å². The number of amides is 2. The standard InChI is InChI=1S/C21H31N3O2/c25-21(24-14-17-9-15-8-16(10-17)12-18(24)11-15)22-13-19(20-4-3-7-26-20)23-5-1-2-6-23/h3-4,7,15-19H,1-2,5-6,8-14H2,(H,22,25). The molecule has 3 aliphatic heterocycles. The second kappa shape index (κ2) is 6.91. The average Bonchev–Trinajstić information content (AvgIpc) is 3.30. The Labute approximate surface area is 156 Å². The second-order valence-corrected chi connectivity index (χ2v) is 9.04. The van der Waals surface area contributed by atoms with Crippen molar-refractivity contribution in [3.8, 4) is 0 Å². The summed E-state index contributed by atoms with van der Waals surface area (Å²) in [6.07, 6.45) is 10.8. The maximum atomic E-state index is 13.1. The smallest absolute Gasteiger partial charge is 0.317 e. The highest BCUT2D eigenvalue weighted by molar-refractivity contribution is 5.74. The highest BCUT2D eigenvalue weighted by Crippen LogP contribution is 2.47. The third-order valence-electron chi connectivity index (χ3n) is 7.27. The molecule has 5 aliphatic rings. The molecule has 2 amide bonds. The number of nitrogens with one attached hydrogen (secondary N) is 1. The van der Waals surface area contributed by atoms with Crippen LogP contribution in [-0.2, 0) is 0 Å². The van der Waals surface area contributed by atoms with Crippen molar-refractivity contribution in [2.24, 2.45) is 17.8 Å². The Morgan fingerprint density at radius 1 is 1.12 bits per heavy atom. The zero-order valence-electron chi connectivity index (χ0n) is 15.6. The van der Waals surface area contributed by atoms with Crippen molar-refractivity contribution in [1.82, 2.24) is 15.1 Å². The van der Waals surface area contributed by atoms with Crippen LogP contribution in [0.15, 0.2) is 22.8 Å². The first-order valence-corrected chi connectivity index (χ1v) is 10.6. The molecule has 5 nitrogen and oxygen atoms in total. The fourth-order valence-corrected chi connectivity index (χ4v) is 6.26. The minimum atomic E-state index is 0.152. The van der Waals surface area contributed by atoms with Gasteiger partial charge in [-0.05, 0) is 87.9 Å². The Bertz CT molecular complexity index is 611. The number of urea groups is 1. The van der Waals surface area contributed by atoms with Gasteiger partial charge in [0.15, 0.2) is 0 Å². The van der Waals surface area contributed by atoms with E-state index in [4.69, 9.17) is 4.42 Å². The minimum absolute atomic E-state index is 0.152. The van der Waals surface area contributed by atoms with Gasteiger partial charge >= 0.3 is 6.03 Å². The first kappa shape index (κ1) is 16.7. The van der Waals surface area contributed by atoms with Crippen LogP contribution in [0.5, 0.6) is 0 Å². The van der Waals surface area contributed by atoms with Crippen LogP contribution in [0.25, 0.3) is 0 Å². The molecule has 2 aliphatic carbocycles. The maximum absolute atomic E-state index is 13.1. The van der Waals surface area contributed by atoms with Crippen LogP contribution in [0.3, 0.4) is 0 Å². The maximum Gasteiger partial charge on any atom is 0.317 e. The lowest BCUT2D eigenvalue weighted by atomic mass is 9.68. The molecule has 2 saturated carbocycles. The van der Waals surface area contributed by atoms with E-state index in [1.807, 2.05) is 12.1 Å². The van der Waals surface area contributed by atoms with Crippen molar-refractivity contribution < 1.29 is 9.21 Å². The predicted octanol–water partition coefficient (Wildman–Crippen LogP) is 3.64. The molecule has 3 atom stereocenters. The van der Waals surface area contributed by atoms with E-state index in [0.717, 1.165) is 43.1 Å². The van der Waals surface area contributed by atoms with E-state index < -0.39 is 0 Å². The first-order valence-electron chi connectivity index (χ1n) is 10.6. The SMILES string of the molecule is O=C(NCC(c1ccco1)N1CCCC1)N1CC2CC3CC(C2)CC1C3. The van der Waals surface area contributed by atoms with Crippen LogP contribution < -0.4 is 5.32 Å². The molecule has 0 spiro atoms. The molecule has 4 heterocycles. The lowest BCUT2D eigenvalue weighted by molar-refractivity contribution is 0.129. The Morgan fingerprint density at radius 3 is 2.54 bits per heavy atom. The van der Waals surface area contributed by atoms with Gasteiger partial charge in [0, 0.05) is 19.1 Å². The number of hydrogen-bond acceptors (Lipinski definition) is 3. The molecule has 3 unspecified atom stereocenters. The fourth-order valence-electron chi connectivity index (χ4n) is 6.26. The molecule has 142 valence electrons. The van der Waals surface area contributed by atoms with Gasteiger partial charge in [-0.15, -0.1) is 0 Å². The molecular formula is C21H31N3O2. The lowest BCUT2D eigenvalue weighted by Gasteiger charge is -2.39. The van der Waals surface area contributed by atoms with Gasteiger partial charge in [0.05, 0.1) is 12.3 Å². The number of carbonyl (C=O) groups is 1. The Hall–Kier alpha value is -1.49. The van der Waals surface area contributed by atoms with Gasteiger partial charge in [-0.3, -0.25) is 4.90 Å². The molecule has 0 aromatic carbocycles. The van der Waals surface area contributed by atoms with E-state index in [2.05, 4.69) is 15.1 Å². The molecule has 1 aromatic heterocycles. The molecule has 5 fully saturated rings. The summed E-state index contributed by atoms with van der Waals surface area (Å²) < 4.78 is 5.69. The van der Waals surface area contributed by atoms with Crippen LogP contribution in [-0.4, -0.2) is 48.1 Å². The molecule has 0 radical (unpaired) electrons. The summed E-state index contributed by atoms with van der Waals surface area (Å²) in [5, 5.41) is 3.27. The van der Waals surface area contributed by atoms with E-state index >= 15 is 0 Å². The summed E-state index contributed by atoms with van der Waals surface area (Å²) in [6.45, 7) is 3.81. The zero-order chi connectivity index (χ0) is 17.5. The summed E-state index contributed by atoms with van der Waals surface area (Å²) in [5.41, 5.74) is 0. The molecule has 1 N–H and O–H groups in total. The number of furan rings is 1. The first-order chi connectivity index (χ1) is 12.8. The molecule has 5 heteroatoms. The number of fused-ring (bicyclic) bond motifs is 1. The summed E-state index contributed by atoms with van der Waals surface area (Å²) in [7, 11) is 0. The van der Waals surface area contributed by atoms with Crippen LogP contribution in [0.2, 0.25) is 0 Å². The Kier molecular flexibility index (Phi) is 4.43. The van der Waals surface area contributed by atoms with Crippen LogP contribution in [0, 0.1) is 17.8 Å². The highest BCUT2D eigenvalue weighted by Gasteiger charge is 2.44. The van der Waals surface area contributed by atoms with Crippen molar-refractivity contribution in [3.05, 3.63) is 24.2 Å². The molecule has 4 bridgehead atoms. The summed E-state index contributed by atoms with van der Waals surface area (Å²) >= 11 is 0. The van der Waals surface area contributed by atoms with Crippen LogP contribution >= 0.6 is 0 Å². The van der Waals surface area contributed by atoms with Gasteiger partial charge in [-0.1, -0.05) is 0 Å². The topological polar surface area (TPSA) is 48.7 Å². The molecular weight excluding hydrogens is 326 g/mol. The summed E-state index contributed by atoms with van der Waals surface area (Å²) in [5.74, 6) is 3.45. The fraction of sp³-hybridized carbons (Fsp3) is 0.762. The van der Waals surface area contributed by atoms with Gasteiger partial charge in [-0.25, -0.2) is 4.79 Å². The van der Waals surface area contributed by atoms with E-state index in [9.17, 15) is 4.79 Å². The third-order valence-corrected chi connectivity index (χ3v) is 7.27.